The number of hydroxylamine groups is 1. The summed E-state index contributed by atoms with van der Waals surface area (Å²) in [6.07, 6.45) is 3.62. The van der Waals surface area contributed by atoms with E-state index in [-0.39, 0.29) is 73.5 Å². The van der Waals surface area contributed by atoms with E-state index in [1.54, 1.807) is 0 Å². The Labute approximate surface area is 404 Å². The van der Waals surface area contributed by atoms with Gasteiger partial charge in [-0.15, -0.1) is 0 Å². The predicted molar refractivity (Wildman–Crippen MR) is 253 cm³/mol. The molecule has 2 heterocycles. The van der Waals surface area contributed by atoms with E-state index in [0.717, 1.165) is 18.6 Å². The maximum Gasteiger partial charge on any atom is 0.315 e. The number of urea groups is 1. The molecule has 7 atom stereocenters. The van der Waals surface area contributed by atoms with E-state index < -0.39 is 78.5 Å². The van der Waals surface area contributed by atoms with Gasteiger partial charge in [0.05, 0.1) is 25.2 Å². The number of phenols is 2. The molecule has 0 aliphatic carbocycles. The molecule has 10 amide bonds. The van der Waals surface area contributed by atoms with Crippen LogP contribution >= 0.6 is 11.8 Å². The SMILES string of the molecule is CC(C)CC(CC(=O)NO)C(=O)N[C@@H](Cc1ccc(O)cc1)C(=O)N[C@@H](Cc1ccc(O)cc1)C(=O)NCC(=O)NCC(=O)N[C@@H](CCCCNC(=O)CCCC[C@@H]1SC[C@@H]2NC(=O)N[C@@H]21)C(N)=O. The first-order valence-corrected chi connectivity index (χ1v) is 24.1. The Morgan fingerprint density at radius 2 is 1.30 bits per heavy atom. The van der Waals surface area contributed by atoms with Crippen LogP contribution in [0.3, 0.4) is 0 Å². The van der Waals surface area contributed by atoms with Crippen molar-refractivity contribution >= 4 is 65.1 Å². The number of amides is 10. The molecular formula is C46H66N10O12S. The van der Waals surface area contributed by atoms with Crippen molar-refractivity contribution in [3.8, 4) is 11.5 Å². The standard InChI is InChI=1S/C46H66N10O12S/c1-26(2)19-29(22-38(60)56-68)43(64)52-34(21-28-12-16-31(58)17-13-28)45(66)53-33(20-27-10-14-30(57)15-11-27)44(65)50-23-39(61)49-24-40(62)51-32(42(47)63)7-5-6-18-48-37(59)9-4-3-8-36-41-35(25-69-36)54-46(67)55-41/h10-17,26,29,32-36,41,57-58,68H,3-9,18-25H2,1-2H3,(H2,47,63)(H,48,59)(H,49,61)(H,50,65)(H,51,62)(H,52,64)(H,53,66)(H,56,60)(H2,54,55,67)/t29?,32-,33-,34-,35-,36-,41-/m0/s1. The van der Waals surface area contributed by atoms with E-state index in [4.69, 9.17) is 10.9 Å². The van der Waals surface area contributed by atoms with Crippen LogP contribution in [0.5, 0.6) is 11.5 Å². The number of thioether (sulfide) groups is 1. The summed E-state index contributed by atoms with van der Waals surface area (Å²) in [5.41, 5.74) is 8.07. The number of nitrogens with one attached hydrogen (secondary N) is 9. The largest absolute Gasteiger partial charge is 0.508 e. The number of fused-ring (bicyclic) bond motifs is 1. The van der Waals surface area contributed by atoms with Gasteiger partial charge in [-0.25, -0.2) is 10.3 Å². The lowest BCUT2D eigenvalue weighted by molar-refractivity contribution is -0.137. The molecule has 2 aliphatic rings. The molecule has 2 aromatic rings. The van der Waals surface area contributed by atoms with Crippen molar-refractivity contribution in [2.24, 2.45) is 17.6 Å². The molecule has 0 bridgehead atoms. The fraction of sp³-hybridized carbons (Fsp3) is 0.543. The van der Waals surface area contributed by atoms with Crippen LogP contribution in [0, 0.1) is 11.8 Å². The summed E-state index contributed by atoms with van der Waals surface area (Å²) in [6, 6.07) is 8.12. The van der Waals surface area contributed by atoms with Crippen molar-refractivity contribution in [1.82, 2.24) is 48.0 Å². The molecular weight excluding hydrogens is 917 g/mol. The van der Waals surface area contributed by atoms with E-state index in [9.17, 15) is 53.4 Å². The predicted octanol–water partition coefficient (Wildman–Crippen LogP) is -0.375. The van der Waals surface area contributed by atoms with Crippen molar-refractivity contribution < 1.29 is 58.6 Å². The average Bonchev–Trinajstić information content (AvgIpc) is 3.87. The third-order valence-electron chi connectivity index (χ3n) is 11.6. The second-order valence-corrected chi connectivity index (χ2v) is 18.9. The smallest absolute Gasteiger partial charge is 0.315 e. The van der Waals surface area contributed by atoms with E-state index in [2.05, 4.69) is 42.5 Å². The molecule has 14 N–H and O–H groups in total. The molecule has 0 saturated carbocycles. The van der Waals surface area contributed by atoms with E-state index in [1.807, 2.05) is 25.6 Å². The number of rotatable bonds is 29. The van der Waals surface area contributed by atoms with Gasteiger partial charge in [0.15, 0.2) is 0 Å². The molecule has 69 heavy (non-hydrogen) atoms. The number of benzene rings is 2. The number of aromatic hydroxyl groups is 2. The van der Waals surface area contributed by atoms with E-state index in [1.165, 1.54) is 54.0 Å². The first-order chi connectivity index (χ1) is 32.9. The fourth-order valence-electron chi connectivity index (χ4n) is 7.96. The average molecular weight is 983 g/mol. The van der Waals surface area contributed by atoms with Gasteiger partial charge in [-0.1, -0.05) is 44.5 Å². The van der Waals surface area contributed by atoms with Crippen molar-refractivity contribution in [2.75, 3.05) is 25.4 Å². The molecule has 22 nitrogen and oxygen atoms in total. The van der Waals surface area contributed by atoms with Gasteiger partial charge in [-0.05, 0) is 79.8 Å². The molecule has 2 aliphatic heterocycles. The monoisotopic (exact) mass is 982 g/mol. The highest BCUT2D eigenvalue weighted by atomic mass is 32.2. The molecule has 378 valence electrons. The molecule has 2 fully saturated rings. The lowest BCUT2D eigenvalue weighted by Crippen LogP contribution is -2.56. The van der Waals surface area contributed by atoms with Gasteiger partial charge in [-0.3, -0.25) is 43.6 Å². The minimum atomic E-state index is -1.34. The normalized spacial score (nSPS) is 17.7. The molecule has 0 spiro atoms. The Morgan fingerprint density at radius 1 is 0.696 bits per heavy atom. The topological polar surface area (TPSA) is 349 Å². The number of unbranched alkanes of at least 4 members (excludes halogenated alkanes) is 2. The van der Waals surface area contributed by atoms with Crippen molar-refractivity contribution in [2.45, 2.75) is 120 Å². The van der Waals surface area contributed by atoms with Crippen LogP contribution in [0.15, 0.2) is 48.5 Å². The van der Waals surface area contributed by atoms with E-state index in [0.29, 0.717) is 48.6 Å². The second-order valence-electron chi connectivity index (χ2n) is 17.7. The number of carbonyl (C=O) groups excluding carboxylic acids is 9. The molecule has 0 aromatic heterocycles. The maximum atomic E-state index is 14.0. The summed E-state index contributed by atoms with van der Waals surface area (Å²) in [5.74, 6) is -5.67. The zero-order valence-corrected chi connectivity index (χ0v) is 39.7. The summed E-state index contributed by atoms with van der Waals surface area (Å²) in [5, 5.41) is 50.4. The summed E-state index contributed by atoms with van der Waals surface area (Å²) < 4.78 is 0. The third kappa shape index (κ3) is 19.5. The first-order valence-electron chi connectivity index (χ1n) is 23.1. The number of primary amides is 1. The van der Waals surface area contributed by atoms with Crippen LogP contribution in [0.1, 0.15) is 82.8 Å². The molecule has 2 saturated heterocycles. The Morgan fingerprint density at radius 3 is 1.91 bits per heavy atom. The Bertz CT molecular complexity index is 2090. The zero-order chi connectivity index (χ0) is 50.5. The summed E-state index contributed by atoms with van der Waals surface area (Å²) in [6.45, 7) is 2.84. The minimum Gasteiger partial charge on any atom is -0.508 e. The Hall–Kier alpha value is -6.62. The Kier molecular flexibility index (Phi) is 22.3. The number of hydrogen-bond donors (Lipinski definition) is 13. The van der Waals surface area contributed by atoms with Gasteiger partial charge in [-0.2, -0.15) is 11.8 Å². The summed E-state index contributed by atoms with van der Waals surface area (Å²) in [4.78, 5) is 115. The zero-order valence-electron chi connectivity index (χ0n) is 38.8. The number of phenolic OH excluding ortho intramolecular Hbond substituents is 2. The quantitative estimate of drug-likeness (QED) is 0.0214. The van der Waals surface area contributed by atoms with Crippen molar-refractivity contribution in [1.29, 1.82) is 0 Å². The van der Waals surface area contributed by atoms with Crippen LogP contribution < -0.4 is 53.7 Å². The Balaban J connectivity index is 1.25. The molecule has 2 aromatic carbocycles. The second kappa shape index (κ2) is 28.0. The number of nitrogens with two attached hydrogens (primary N) is 1. The van der Waals surface area contributed by atoms with Crippen LogP contribution in [-0.2, 0) is 51.2 Å². The summed E-state index contributed by atoms with van der Waals surface area (Å²) in [7, 11) is 0. The minimum absolute atomic E-state index is 0.0387. The molecule has 1 unspecified atom stereocenters. The lowest BCUT2D eigenvalue weighted by atomic mass is 9.92. The maximum absolute atomic E-state index is 14.0. The highest BCUT2D eigenvalue weighted by Gasteiger charge is 2.42. The summed E-state index contributed by atoms with van der Waals surface area (Å²) >= 11 is 1.83. The van der Waals surface area contributed by atoms with Crippen molar-refractivity contribution in [3.05, 3.63) is 59.7 Å². The highest BCUT2D eigenvalue weighted by Crippen LogP contribution is 2.33. The number of hydrogen-bond acceptors (Lipinski definition) is 13. The highest BCUT2D eigenvalue weighted by molar-refractivity contribution is 8.00. The third-order valence-corrected chi connectivity index (χ3v) is 13.1. The van der Waals surface area contributed by atoms with Gasteiger partial charge >= 0.3 is 6.03 Å². The van der Waals surface area contributed by atoms with Gasteiger partial charge in [0.25, 0.3) is 0 Å². The van der Waals surface area contributed by atoms with E-state index >= 15 is 0 Å². The fourth-order valence-corrected chi connectivity index (χ4v) is 9.51. The first kappa shape index (κ1) is 55.0. The van der Waals surface area contributed by atoms with Crippen LogP contribution in [0.2, 0.25) is 0 Å². The molecule has 0 radical (unpaired) electrons. The van der Waals surface area contributed by atoms with Crippen LogP contribution in [-0.4, -0.2) is 130 Å². The van der Waals surface area contributed by atoms with Crippen LogP contribution in [0.4, 0.5) is 4.79 Å². The van der Waals surface area contributed by atoms with Gasteiger partial charge in [0.1, 0.15) is 29.6 Å². The molecule has 23 heteroatoms. The van der Waals surface area contributed by atoms with Gasteiger partial charge in [0, 0.05) is 49.1 Å². The van der Waals surface area contributed by atoms with Gasteiger partial charge in [0.2, 0.25) is 47.3 Å². The number of carbonyl (C=O) groups is 9. The van der Waals surface area contributed by atoms with Gasteiger partial charge < -0.3 is 58.5 Å². The van der Waals surface area contributed by atoms with Crippen molar-refractivity contribution in [3.63, 3.8) is 0 Å². The lowest BCUT2D eigenvalue weighted by Gasteiger charge is -2.25. The molecule has 4 rings (SSSR count). The van der Waals surface area contributed by atoms with Crippen LogP contribution in [0.25, 0.3) is 0 Å².